The zero-order valence-electron chi connectivity index (χ0n) is 7.57. The molecule has 14 heavy (non-hydrogen) atoms. The lowest BCUT2D eigenvalue weighted by atomic mass is 10.3. The van der Waals surface area contributed by atoms with Crippen LogP contribution in [-0.2, 0) is 4.74 Å². The van der Waals surface area contributed by atoms with Gasteiger partial charge in [-0.2, -0.15) is 0 Å². The van der Waals surface area contributed by atoms with Crippen LogP contribution in [0.1, 0.15) is 0 Å². The van der Waals surface area contributed by atoms with Crippen molar-refractivity contribution >= 4 is 28.1 Å². The fraction of sp³-hybridized carbons (Fsp3) is 0.667. The number of rotatable bonds is 3. The molecule has 76 valence electrons. The van der Waals surface area contributed by atoms with Crippen LogP contribution in [0.2, 0.25) is 4.34 Å². The molecule has 2 unspecified atom stereocenters. The van der Waals surface area contributed by atoms with Crippen LogP contribution in [0.3, 0.4) is 0 Å². The number of aromatic nitrogens is 1. The lowest BCUT2D eigenvalue weighted by Crippen LogP contribution is -2.09. The average molecular weight is 231 g/mol. The van der Waals surface area contributed by atoms with Gasteiger partial charge >= 0.3 is 0 Å². The quantitative estimate of drug-likeness (QED) is 0.864. The van der Waals surface area contributed by atoms with E-state index in [1.165, 1.54) is 11.3 Å². The summed E-state index contributed by atoms with van der Waals surface area (Å²) in [7, 11) is 0. The Morgan fingerprint density at radius 2 is 2.36 bits per heavy atom. The van der Waals surface area contributed by atoms with Gasteiger partial charge in [0.2, 0.25) is 0 Å². The summed E-state index contributed by atoms with van der Waals surface area (Å²) in [5.74, 6) is 2.40. The van der Waals surface area contributed by atoms with E-state index in [-0.39, 0.29) is 0 Å². The Balaban J connectivity index is 1.51. The maximum Gasteiger partial charge on any atom is 0.184 e. The van der Waals surface area contributed by atoms with Crippen molar-refractivity contribution in [3.63, 3.8) is 0 Å². The molecule has 3 nitrogen and oxygen atoms in total. The summed E-state index contributed by atoms with van der Waals surface area (Å²) in [4.78, 5) is 4.15. The third-order valence-corrected chi connectivity index (χ3v) is 4.17. The lowest BCUT2D eigenvalue weighted by molar-refractivity contribution is 0.153. The molecule has 1 aliphatic heterocycles. The molecule has 1 aliphatic carbocycles. The highest BCUT2D eigenvalue weighted by molar-refractivity contribution is 7.19. The van der Waals surface area contributed by atoms with Gasteiger partial charge < -0.3 is 10.1 Å². The van der Waals surface area contributed by atoms with Crippen molar-refractivity contribution in [3.05, 3.63) is 10.5 Å². The number of nitrogens with one attached hydrogen (secondary N) is 1. The summed E-state index contributed by atoms with van der Waals surface area (Å²) in [6.45, 7) is 2.92. The van der Waals surface area contributed by atoms with Gasteiger partial charge in [0.05, 0.1) is 19.4 Å². The number of halogens is 1. The predicted molar refractivity (Wildman–Crippen MR) is 56.9 cm³/mol. The van der Waals surface area contributed by atoms with Crippen molar-refractivity contribution < 1.29 is 4.74 Å². The number of fused-ring (bicyclic) bond motifs is 1. The molecular weight excluding hydrogens is 220 g/mol. The number of hydrogen-bond donors (Lipinski definition) is 1. The summed E-state index contributed by atoms with van der Waals surface area (Å²) < 4.78 is 6.07. The van der Waals surface area contributed by atoms with Gasteiger partial charge in [-0.05, 0) is 17.8 Å². The minimum Gasteiger partial charge on any atom is -0.381 e. The Kier molecular flexibility index (Phi) is 2.15. The van der Waals surface area contributed by atoms with Crippen molar-refractivity contribution in [2.45, 2.75) is 0 Å². The number of anilines is 1. The van der Waals surface area contributed by atoms with Gasteiger partial charge in [-0.1, -0.05) is 22.9 Å². The van der Waals surface area contributed by atoms with Crippen molar-refractivity contribution in [1.82, 2.24) is 4.98 Å². The molecule has 0 aromatic carbocycles. The summed E-state index contributed by atoms with van der Waals surface area (Å²) in [6.07, 6.45) is 1.69. The molecule has 1 saturated heterocycles. The van der Waals surface area contributed by atoms with Crippen LogP contribution in [0.15, 0.2) is 6.20 Å². The van der Waals surface area contributed by atoms with E-state index in [0.717, 1.165) is 47.0 Å². The molecule has 5 heteroatoms. The van der Waals surface area contributed by atoms with Crippen LogP contribution in [0, 0.1) is 17.8 Å². The van der Waals surface area contributed by atoms with Gasteiger partial charge in [0.25, 0.3) is 0 Å². The fourth-order valence-electron chi connectivity index (χ4n) is 2.20. The Morgan fingerprint density at radius 3 is 3.00 bits per heavy atom. The topological polar surface area (TPSA) is 34.2 Å². The number of ether oxygens (including phenoxy) is 1. The molecule has 2 atom stereocenters. The van der Waals surface area contributed by atoms with Gasteiger partial charge in [0.1, 0.15) is 4.34 Å². The Labute approximate surface area is 91.4 Å². The number of nitrogens with zero attached hydrogens (tertiary/aromatic N) is 1. The highest BCUT2D eigenvalue weighted by Crippen LogP contribution is 2.50. The Bertz CT molecular complexity index is 333. The smallest absolute Gasteiger partial charge is 0.184 e. The van der Waals surface area contributed by atoms with Crippen LogP contribution < -0.4 is 5.32 Å². The van der Waals surface area contributed by atoms with E-state index in [1.54, 1.807) is 6.20 Å². The maximum atomic E-state index is 5.78. The normalized spacial score (nSPS) is 34.2. The van der Waals surface area contributed by atoms with E-state index >= 15 is 0 Å². The first kappa shape index (κ1) is 8.95. The monoisotopic (exact) mass is 230 g/mol. The Hall–Kier alpha value is -0.320. The van der Waals surface area contributed by atoms with E-state index in [9.17, 15) is 0 Å². The van der Waals surface area contributed by atoms with Crippen LogP contribution in [0.5, 0.6) is 0 Å². The van der Waals surface area contributed by atoms with E-state index in [2.05, 4.69) is 10.3 Å². The average Bonchev–Trinajstić information content (AvgIpc) is 2.59. The largest absolute Gasteiger partial charge is 0.381 e. The van der Waals surface area contributed by atoms with Crippen LogP contribution in [0.4, 0.5) is 5.13 Å². The van der Waals surface area contributed by atoms with Crippen LogP contribution in [0.25, 0.3) is 0 Å². The van der Waals surface area contributed by atoms with Crippen molar-refractivity contribution in [2.24, 2.45) is 17.8 Å². The first-order valence-electron chi connectivity index (χ1n) is 4.77. The van der Waals surface area contributed by atoms with Crippen LogP contribution in [-0.4, -0.2) is 24.7 Å². The SMILES string of the molecule is Clc1cnc(NCC2C3COCC23)s1. The summed E-state index contributed by atoms with van der Waals surface area (Å²) >= 11 is 7.28. The molecule has 2 aliphatic rings. The van der Waals surface area contributed by atoms with Crippen molar-refractivity contribution in [1.29, 1.82) is 0 Å². The lowest BCUT2D eigenvalue weighted by Gasteiger charge is -2.04. The minimum atomic E-state index is 0.742. The third kappa shape index (κ3) is 1.51. The Morgan fingerprint density at radius 1 is 1.57 bits per heavy atom. The predicted octanol–water partition coefficient (Wildman–Crippen LogP) is 2.10. The van der Waals surface area contributed by atoms with E-state index in [4.69, 9.17) is 16.3 Å². The van der Waals surface area contributed by atoms with Gasteiger partial charge in [-0.25, -0.2) is 4.98 Å². The molecule has 0 radical (unpaired) electrons. The van der Waals surface area contributed by atoms with E-state index < -0.39 is 0 Å². The van der Waals surface area contributed by atoms with Crippen molar-refractivity contribution in [2.75, 3.05) is 25.1 Å². The fourth-order valence-corrected chi connectivity index (χ4v) is 3.02. The summed E-state index contributed by atoms with van der Waals surface area (Å²) in [5, 5.41) is 4.25. The van der Waals surface area contributed by atoms with E-state index in [1.807, 2.05) is 0 Å². The second-order valence-corrected chi connectivity index (χ2v) is 5.54. The maximum absolute atomic E-state index is 5.78. The molecule has 1 aromatic rings. The second kappa shape index (κ2) is 3.36. The number of thiazole rings is 1. The van der Waals surface area contributed by atoms with Gasteiger partial charge in [0, 0.05) is 6.54 Å². The van der Waals surface area contributed by atoms with Crippen LogP contribution >= 0.6 is 22.9 Å². The minimum absolute atomic E-state index is 0.742. The molecule has 0 amide bonds. The first-order valence-corrected chi connectivity index (χ1v) is 5.97. The first-order chi connectivity index (χ1) is 6.84. The highest BCUT2D eigenvalue weighted by atomic mass is 35.5. The molecule has 2 heterocycles. The third-order valence-electron chi connectivity index (χ3n) is 3.10. The standard InChI is InChI=1S/C9H11ClN2OS/c10-8-2-12-9(14-8)11-1-5-6-3-13-4-7(5)6/h2,5-7H,1,3-4H2,(H,11,12). The van der Waals surface area contributed by atoms with E-state index in [0.29, 0.717) is 0 Å². The second-order valence-electron chi connectivity index (χ2n) is 3.88. The molecule has 0 bridgehead atoms. The van der Waals surface area contributed by atoms with Gasteiger partial charge in [0.15, 0.2) is 5.13 Å². The molecule has 1 saturated carbocycles. The van der Waals surface area contributed by atoms with Crippen molar-refractivity contribution in [3.8, 4) is 0 Å². The zero-order chi connectivity index (χ0) is 9.54. The molecule has 1 N–H and O–H groups in total. The zero-order valence-corrected chi connectivity index (χ0v) is 9.14. The number of hydrogen-bond acceptors (Lipinski definition) is 4. The molecule has 0 spiro atoms. The van der Waals surface area contributed by atoms with Gasteiger partial charge in [-0.15, -0.1) is 0 Å². The summed E-state index contributed by atoms with van der Waals surface area (Å²) in [5.41, 5.74) is 0. The highest BCUT2D eigenvalue weighted by Gasteiger charge is 2.53. The summed E-state index contributed by atoms with van der Waals surface area (Å²) in [6, 6.07) is 0. The molecule has 3 rings (SSSR count). The molecular formula is C9H11ClN2OS. The van der Waals surface area contributed by atoms with Gasteiger partial charge in [-0.3, -0.25) is 0 Å². The molecule has 2 fully saturated rings. The molecule has 1 aromatic heterocycles.